The third-order valence-corrected chi connectivity index (χ3v) is 4.45. The molecule has 0 atom stereocenters. The Kier molecular flexibility index (Phi) is 8.12. The number of benzene rings is 1. The van der Waals surface area contributed by atoms with Crippen LogP contribution in [0.1, 0.15) is 49.7 Å². The molecule has 1 aromatic rings. The van der Waals surface area contributed by atoms with Gasteiger partial charge < -0.3 is 10.6 Å². The van der Waals surface area contributed by atoms with Gasteiger partial charge in [0.25, 0.3) is 0 Å². The van der Waals surface area contributed by atoms with Gasteiger partial charge >= 0.3 is 0 Å². The summed E-state index contributed by atoms with van der Waals surface area (Å²) in [6.45, 7) is 5.02. The number of amides is 1. The molecule has 0 bridgehead atoms. The first-order valence-corrected chi connectivity index (χ1v) is 8.99. The molecule has 1 amide bonds. The van der Waals surface area contributed by atoms with Crippen LogP contribution >= 0.6 is 0 Å². The number of rotatable bonds is 8. The first-order chi connectivity index (χ1) is 11.3. The van der Waals surface area contributed by atoms with Crippen LogP contribution in [0.5, 0.6) is 0 Å². The Morgan fingerprint density at radius 2 is 1.70 bits per heavy atom. The van der Waals surface area contributed by atoms with Gasteiger partial charge in [0.15, 0.2) is 0 Å². The summed E-state index contributed by atoms with van der Waals surface area (Å²) >= 11 is 0. The third-order valence-electron chi connectivity index (χ3n) is 4.45. The number of hydrogen-bond acceptors (Lipinski definition) is 3. The molecule has 1 saturated heterocycles. The maximum atomic E-state index is 11.7. The van der Waals surface area contributed by atoms with Crippen LogP contribution in [0.15, 0.2) is 24.3 Å². The Bertz CT molecular complexity index is 450. The van der Waals surface area contributed by atoms with Crippen molar-refractivity contribution in [1.82, 2.24) is 15.5 Å². The van der Waals surface area contributed by atoms with Crippen molar-refractivity contribution in [1.29, 1.82) is 0 Å². The second-order valence-corrected chi connectivity index (χ2v) is 6.49. The SMILES string of the molecule is CNCCCC(=O)NCc1ccc(CN2CCCCCC2)cc1. The van der Waals surface area contributed by atoms with E-state index in [2.05, 4.69) is 39.8 Å². The van der Waals surface area contributed by atoms with Crippen molar-refractivity contribution >= 4 is 5.91 Å². The lowest BCUT2D eigenvalue weighted by atomic mass is 10.1. The molecule has 1 aliphatic rings. The minimum absolute atomic E-state index is 0.133. The summed E-state index contributed by atoms with van der Waals surface area (Å²) in [7, 11) is 1.91. The molecule has 0 unspecified atom stereocenters. The topological polar surface area (TPSA) is 44.4 Å². The van der Waals surface area contributed by atoms with E-state index in [1.807, 2.05) is 7.05 Å². The minimum atomic E-state index is 0.133. The van der Waals surface area contributed by atoms with E-state index in [0.29, 0.717) is 13.0 Å². The molecule has 0 aromatic heterocycles. The summed E-state index contributed by atoms with van der Waals surface area (Å²) in [6.07, 6.45) is 6.90. The zero-order valence-electron chi connectivity index (χ0n) is 14.4. The molecule has 1 heterocycles. The fourth-order valence-electron chi connectivity index (χ4n) is 3.03. The summed E-state index contributed by atoms with van der Waals surface area (Å²) < 4.78 is 0. The van der Waals surface area contributed by atoms with Crippen LogP contribution < -0.4 is 10.6 Å². The van der Waals surface area contributed by atoms with Crippen molar-refractivity contribution in [3.63, 3.8) is 0 Å². The second-order valence-electron chi connectivity index (χ2n) is 6.49. The number of nitrogens with zero attached hydrogens (tertiary/aromatic N) is 1. The van der Waals surface area contributed by atoms with E-state index in [-0.39, 0.29) is 5.91 Å². The quantitative estimate of drug-likeness (QED) is 0.725. The van der Waals surface area contributed by atoms with Crippen molar-refractivity contribution in [3.05, 3.63) is 35.4 Å². The van der Waals surface area contributed by atoms with Gasteiger partial charge in [-0.1, -0.05) is 37.1 Å². The van der Waals surface area contributed by atoms with Crippen molar-refractivity contribution < 1.29 is 4.79 Å². The lowest BCUT2D eigenvalue weighted by Crippen LogP contribution is -2.24. The Morgan fingerprint density at radius 3 is 2.35 bits per heavy atom. The Balaban J connectivity index is 1.72. The fraction of sp³-hybridized carbons (Fsp3) is 0.632. The number of hydrogen-bond donors (Lipinski definition) is 2. The van der Waals surface area contributed by atoms with E-state index < -0.39 is 0 Å². The van der Waals surface area contributed by atoms with Gasteiger partial charge in [-0.05, 0) is 57.1 Å². The van der Waals surface area contributed by atoms with Crippen LogP contribution in [-0.4, -0.2) is 37.5 Å². The second kappa shape index (κ2) is 10.4. The highest BCUT2D eigenvalue weighted by Gasteiger charge is 2.09. The van der Waals surface area contributed by atoms with Gasteiger partial charge in [0.1, 0.15) is 0 Å². The van der Waals surface area contributed by atoms with Crippen molar-refractivity contribution in [2.75, 3.05) is 26.7 Å². The average molecular weight is 317 g/mol. The predicted octanol–water partition coefficient (Wildman–Crippen LogP) is 2.68. The molecular formula is C19H31N3O. The molecule has 2 rings (SSSR count). The highest BCUT2D eigenvalue weighted by molar-refractivity contribution is 5.75. The summed E-state index contributed by atoms with van der Waals surface area (Å²) in [5.74, 6) is 0.133. The van der Waals surface area contributed by atoms with Gasteiger partial charge in [0.2, 0.25) is 5.91 Å². The minimum Gasteiger partial charge on any atom is -0.352 e. The lowest BCUT2D eigenvalue weighted by Gasteiger charge is -2.19. The van der Waals surface area contributed by atoms with Crippen LogP contribution in [0.3, 0.4) is 0 Å². The van der Waals surface area contributed by atoms with E-state index in [9.17, 15) is 4.79 Å². The molecule has 2 N–H and O–H groups in total. The van der Waals surface area contributed by atoms with Crippen molar-refractivity contribution in [2.45, 2.75) is 51.6 Å². The Labute approximate surface area is 140 Å². The molecule has 0 radical (unpaired) electrons. The molecule has 0 saturated carbocycles. The summed E-state index contributed by atoms with van der Waals surface area (Å²) in [4.78, 5) is 14.3. The first kappa shape index (κ1) is 18.0. The number of carbonyl (C=O) groups excluding carboxylic acids is 1. The standard InChI is InChI=1S/C19H31N3O/c1-20-12-6-7-19(23)21-15-17-8-10-18(11-9-17)16-22-13-4-2-3-5-14-22/h8-11,20H,2-7,12-16H2,1H3,(H,21,23). The number of likely N-dealkylation sites (tertiary alicyclic amines) is 1. The van der Waals surface area contributed by atoms with E-state index >= 15 is 0 Å². The lowest BCUT2D eigenvalue weighted by molar-refractivity contribution is -0.121. The molecule has 1 aliphatic heterocycles. The van der Waals surface area contributed by atoms with Crippen molar-refractivity contribution in [3.8, 4) is 0 Å². The van der Waals surface area contributed by atoms with Gasteiger partial charge in [0, 0.05) is 19.5 Å². The van der Waals surface area contributed by atoms with Gasteiger partial charge in [-0.15, -0.1) is 0 Å². The molecule has 1 fully saturated rings. The third kappa shape index (κ3) is 7.14. The molecule has 23 heavy (non-hydrogen) atoms. The number of carbonyl (C=O) groups is 1. The Hall–Kier alpha value is -1.39. The molecule has 4 nitrogen and oxygen atoms in total. The van der Waals surface area contributed by atoms with Crippen LogP contribution in [0.2, 0.25) is 0 Å². The van der Waals surface area contributed by atoms with Crippen molar-refractivity contribution in [2.24, 2.45) is 0 Å². The zero-order valence-corrected chi connectivity index (χ0v) is 14.4. The maximum Gasteiger partial charge on any atom is 0.220 e. The predicted molar refractivity (Wildman–Crippen MR) is 95.2 cm³/mol. The largest absolute Gasteiger partial charge is 0.352 e. The molecule has 0 aliphatic carbocycles. The van der Waals surface area contributed by atoms with Crippen LogP contribution in [0.4, 0.5) is 0 Å². The first-order valence-electron chi connectivity index (χ1n) is 8.99. The Morgan fingerprint density at radius 1 is 1.04 bits per heavy atom. The molecule has 4 heteroatoms. The van der Waals surface area contributed by atoms with E-state index in [4.69, 9.17) is 0 Å². The highest BCUT2D eigenvalue weighted by atomic mass is 16.1. The summed E-state index contributed by atoms with van der Waals surface area (Å²) in [6, 6.07) is 8.68. The fourth-order valence-corrected chi connectivity index (χ4v) is 3.03. The average Bonchev–Trinajstić information content (AvgIpc) is 2.83. The van der Waals surface area contributed by atoms with Gasteiger partial charge in [-0.25, -0.2) is 0 Å². The number of nitrogens with one attached hydrogen (secondary N) is 2. The maximum absolute atomic E-state index is 11.7. The van der Waals surface area contributed by atoms with E-state index in [1.165, 1.54) is 49.9 Å². The van der Waals surface area contributed by atoms with Gasteiger partial charge in [-0.2, -0.15) is 0 Å². The van der Waals surface area contributed by atoms with Gasteiger partial charge in [0.05, 0.1) is 0 Å². The molecular weight excluding hydrogens is 286 g/mol. The summed E-state index contributed by atoms with van der Waals surface area (Å²) in [5, 5.41) is 6.05. The van der Waals surface area contributed by atoms with E-state index in [0.717, 1.165) is 19.5 Å². The van der Waals surface area contributed by atoms with Crippen LogP contribution in [-0.2, 0) is 17.9 Å². The van der Waals surface area contributed by atoms with E-state index in [1.54, 1.807) is 0 Å². The zero-order chi connectivity index (χ0) is 16.3. The highest BCUT2D eigenvalue weighted by Crippen LogP contribution is 2.13. The molecule has 0 spiro atoms. The monoisotopic (exact) mass is 317 g/mol. The van der Waals surface area contributed by atoms with Crippen LogP contribution in [0, 0.1) is 0 Å². The smallest absolute Gasteiger partial charge is 0.220 e. The summed E-state index contributed by atoms with van der Waals surface area (Å²) in [5.41, 5.74) is 2.54. The van der Waals surface area contributed by atoms with Crippen LogP contribution in [0.25, 0.3) is 0 Å². The van der Waals surface area contributed by atoms with Gasteiger partial charge in [-0.3, -0.25) is 9.69 Å². The molecule has 1 aromatic carbocycles. The molecule has 128 valence electrons. The normalized spacial score (nSPS) is 16.0.